The summed E-state index contributed by atoms with van der Waals surface area (Å²) in [6, 6.07) is 10.3. The van der Waals surface area contributed by atoms with E-state index in [1.807, 2.05) is 30.3 Å². The number of hydrogen-bond acceptors (Lipinski definition) is 3. The molecule has 0 bridgehead atoms. The Bertz CT molecular complexity index is 328. The van der Waals surface area contributed by atoms with E-state index in [1.54, 1.807) is 0 Å². The van der Waals surface area contributed by atoms with Crippen LogP contribution in [0.3, 0.4) is 0 Å². The maximum absolute atomic E-state index is 10.2. The predicted molar refractivity (Wildman–Crippen MR) is 69.7 cm³/mol. The van der Waals surface area contributed by atoms with Crippen LogP contribution in [0.1, 0.15) is 30.9 Å². The highest BCUT2D eigenvalue weighted by Crippen LogP contribution is 2.20. The number of rotatable bonds is 4. The average molecular weight is 234 g/mol. The second-order valence-corrected chi connectivity index (χ2v) is 4.81. The number of aliphatic hydroxyl groups is 1. The molecule has 2 rings (SSSR count). The summed E-state index contributed by atoms with van der Waals surface area (Å²) in [5.41, 5.74) is 6.78. The van der Waals surface area contributed by atoms with Gasteiger partial charge in [0.2, 0.25) is 0 Å². The van der Waals surface area contributed by atoms with Gasteiger partial charge >= 0.3 is 0 Å². The lowest BCUT2D eigenvalue weighted by Gasteiger charge is -2.36. The van der Waals surface area contributed by atoms with Crippen molar-refractivity contribution in [2.75, 3.05) is 19.6 Å². The Labute approximate surface area is 103 Å². The van der Waals surface area contributed by atoms with Crippen LogP contribution in [0.15, 0.2) is 30.3 Å². The molecule has 2 unspecified atom stereocenters. The Kier molecular flexibility index (Phi) is 4.54. The van der Waals surface area contributed by atoms with Crippen LogP contribution in [-0.4, -0.2) is 35.7 Å². The van der Waals surface area contributed by atoms with Gasteiger partial charge in [0.05, 0.1) is 6.10 Å². The van der Waals surface area contributed by atoms with Crippen LogP contribution in [0.2, 0.25) is 0 Å². The lowest BCUT2D eigenvalue weighted by Crippen LogP contribution is -2.45. The third kappa shape index (κ3) is 3.28. The zero-order valence-electron chi connectivity index (χ0n) is 10.3. The minimum Gasteiger partial charge on any atom is -0.387 e. The van der Waals surface area contributed by atoms with Crippen molar-refractivity contribution in [3.8, 4) is 0 Å². The number of piperidine rings is 1. The maximum atomic E-state index is 10.2. The number of β-amino-alcohol motifs (C(OH)–C–C–N with tert-alkyl or cyclic N) is 1. The normalized spacial score (nSPS) is 23.5. The standard InChI is InChI=1S/C14H22N2O/c15-10-13-8-4-5-9-16(13)11-14(17)12-6-2-1-3-7-12/h1-3,6-7,13-14,17H,4-5,8-11,15H2. The van der Waals surface area contributed by atoms with E-state index in [-0.39, 0.29) is 0 Å². The summed E-state index contributed by atoms with van der Waals surface area (Å²) in [5.74, 6) is 0. The molecule has 0 amide bonds. The van der Waals surface area contributed by atoms with Crippen molar-refractivity contribution in [1.29, 1.82) is 0 Å². The topological polar surface area (TPSA) is 49.5 Å². The zero-order chi connectivity index (χ0) is 12.1. The molecule has 3 N–H and O–H groups in total. The molecule has 2 atom stereocenters. The Morgan fingerprint density at radius 1 is 1.29 bits per heavy atom. The van der Waals surface area contributed by atoms with Crippen molar-refractivity contribution >= 4 is 0 Å². The number of nitrogens with two attached hydrogens (primary N) is 1. The number of benzene rings is 1. The first-order chi connectivity index (χ1) is 8.31. The highest BCUT2D eigenvalue weighted by molar-refractivity contribution is 5.17. The number of nitrogens with zero attached hydrogens (tertiary/aromatic N) is 1. The van der Waals surface area contributed by atoms with E-state index in [0.717, 1.165) is 18.5 Å². The van der Waals surface area contributed by atoms with Crippen molar-refractivity contribution in [2.45, 2.75) is 31.4 Å². The molecule has 1 aliphatic rings. The van der Waals surface area contributed by atoms with Crippen LogP contribution in [0.25, 0.3) is 0 Å². The van der Waals surface area contributed by atoms with Crippen molar-refractivity contribution in [1.82, 2.24) is 4.90 Å². The van der Waals surface area contributed by atoms with Crippen LogP contribution in [0.5, 0.6) is 0 Å². The fourth-order valence-electron chi connectivity index (χ4n) is 2.57. The molecule has 1 heterocycles. The Balaban J connectivity index is 1.95. The molecular formula is C14H22N2O. The molecule has 1 fully saturated rings. The van der Waals surface area contributed by atoms with E-state index in [0.29, 0.717) is 19.1 Å². The molecule has 0 aliphatic carbocycles. The van der Waals surface area contributed by atoms with Gasteiger partial charge in [0.1, 0.15) is 0 Å². The van der Waals surface area contributed by atoms with Crippen molar-refractivity contribution < 1.29 is 5.11 Å². The maximum Gasteiger partial charge on any atom is 0.0917 e. The largest absolute Gasteiger partial charge is 0.387 e. The highest BCUT2D eigenvalue weighted by Gasteiger charge is 2.23. The molecule has 0 aromatic heterocycles. The SMILES string of the molecule is NCC1CCCCN1CC(O)c1ccccc1. The number of hydrogen-bond donors (Lipinski definition) is 2. The van der Waals surface area contributed by atoms with Gasteiger partial charge in [-0.05, 0) is 24.9 Å². The second kappa shape index (κ2) is 6.15. The van der Waals surface area contributed by atoms with Gasteiger partial charge in [-0.15, -0.1) is 0 Å². The molecule has 94 valence electrons. The van der Waals surface area contributed by atoms with E-state index >= 15 is 0 Å². The van der Waals surface area contributed by atoms with Gasteiger partial charge in [-0.3, -0.25) is 4.90 Å². The monoisotopic (exact) mass is 234 g/mol. The number of aliphatic hydroxyl groups excluding tert-OH is 1. The van der Waals surface area contributed by atoms with E-state index < -0.39 is 6.10 Å². The summed E-state index contributed by atoms with van der Waals surface area (Å²) in [4.78, 5) is 2.33. The first kappa shape index (κ1) is 12.6. The lowest BCUT2D eigenvalue weighted by molar-refractivity contribution is 0.0699. The van der Waals surface area contributed by atoms with Gasteiger partial charge in [0.15, 0.2) is 0 Å². The predicted octanol–water partition coefficient (Wildman–Crippen LogP) is 1.53. The van der Waals surface area contributed by atoms with Gasteiger partial charge in [0, 0.05) is 19.1 Å². The lowest BCUT2D eigenvalue weighted by atomic mass is 10.0. The molecule has 1 aromatic rings. The molecule has 0 saturated carbocycles. The second-order valence-electron chi connectivity index (χ2n) is 4.81. The van der Waals surface area contributed by atoms with Gasteiger partial charge in [-0.25, -0.2) is 0 Å². The molecule has 1 aromatic carbocycles. The van der Waals surface area contributed by atoms with Gasteiger partial charge in [-0.2, -0.15) is 0 Å². The number of likely N-dealkylation sites (tertiary alicyclic amines) is 1. The van der Waals surface area contributed by atoms with Crippen LogP contribution < -0.4 is 5.73 Å². The van der Waals surface area contributed by atoms with Crippen LogP contribution in [0.4, 0.5) is 0 Å². The van der Waals surface area contributed by atoms with Crippen molar-refractivity contribution in [3.63, 3.8) is 0 Å². The van der Waals surface area contributed by atoms with Crippen LogP contribution in [-0.2, 0) is 0 Å². The molecule has 0 spiro atoms. The quantitative estimate of drug-likeness (QED) is 0.830. The Hall–Kier alpha value is -0.900. The van der Waals surface area contributed by atoms with Crippen LogP contribution >= 0.6 is 0 Å². The molecule has 1 saturated heterocycles. The average Bonchev–Trinajstić information content (AvgIpc) is 2.40. The zero-order valence-corrected chi connectivity index (χ0v) is 10.3. The summed E-state index contributed by atoms with van der Waals surface area (Å²) in [7, 11) is 0. The molecule has 1 aliphatic heterocycles. The summed E-state index contributed by atoms with van der Waals surface area (Å²) >= 11 is 0. The summed E-state index contributed by atoms with van der Waals surface area (Å²) < 4.78 is 0. The van der Waals surface area contributed by atoms with E-state index in [4.69, 9.17) is 5.73 Å². The fourth-order valence-corrected chi connectivity index (χ4v) is 2.57. The van der Waals surface area contributed by atoms with Crippen molar-refractivity contribution in [2.24, 2.45) is 5.73 Å². The Morgan fingerprint density at radius 2 is 2.06 bits per heavy atom. The van der Waals surface area contributed by atoms with Gasteiger partial charge in [0.25, 0.3) is 0 Å². The minimum absolute atomic E-state index is 0.400. The molecule has 3 nitrogen and oxygen atoms in total. The molecular weight excluding hydrogens is 212 g/mol. The van der Waals surface area contributed by atoms with E-state index in [2.05, 4.69) is 4.90 Å². The summed E-state index contributed by atoms with van der Waals surface area (Å²) in [6.07, 6.45) is 3.25. The third-order valence-electron chi connectivity index (χ3n) is 3.61. The molecule has 0 radical (unpaired) electrons. The summed E-state index contributed by atoms with van der Waals surface area (Å²) in [5, 5.41) is 10.2. The first-order valence-electron chi connectivity index (χ1n) is 6.48. The molecule has 3 heteroatoms. The first-order valence-corrected chi connectivity index (χ1v) is 6.48. The Morgan fingerprint density at radius 3 is 2.76 bits per heavy atom. The summed E-state index contributed by atoms with van der Waals surface area (Å²) in [6.45, 7) is 2.46. The van der Waals surface area contributed by atoms with E-state index in [9.17, 15) is 5.11 Å². The fraction of sp³-hybridized carbons (Fsp3) is 0.571. The van der Waals surface area contributed by atoms with Crippen LogP contribution in [0, 0.1) is 0 Å². The van der Waals surface area contributed by atoms with Gasteiger partial charge < -0.3 is 10.8 Å². The minimum atomic E-state index is -0.400. The van der Waals surface area contributed by atoms with E-state index in [1.165, 1.54) is 12.8 Å². The third-order valence-corrected chi connectivity index (χ3v) is 3.61. The smallest absolute Gasteiger partial charge is 0.0917 e. The van der Waals surface area contributed by atoms with Crippen molar-refractivity contribution in [3.05, 3.63) is 35.9 Å². The molecule has 17 heavy (non-hydrogen) atoms. The van der Waals surface area contributed by atoms with Gasteiger partial charge in [-0.1, -0.05) is 36.8 Å². The highest BCUT2D eigenvalue weighted by atomic mass is 16.3.